The van der Waals surface area contributed by atoms with E-state index in [2.05, 4.69) is 132 Å². The predicted octanol–water partition coefficient (Wildman–Crippen LogP) is 12.1. The number of thiazole rings is 1. The molecule has 1 aromatic heterocycles. The van der Waals surface area contributed by atoms with Gasteiger partial charge in [0, 0.05) is 40.4 Å². The largest absolute Gasteiger partial charge is 0.362 e. The van der Waals surface area contributed by atoms with E-state index in [1.807, 2.05) is 17.4 Å². The van der Waals surface area contributed by atoms with Crippen molar-refractivity contribution in [1.29, 1.82) is 0 Å². The van der Waals surface area contributed by atoms with Gasteiger partial charge in [-0.05, 0) is 117 Å². The molecule has 7 rings (SSSR count). The highest BCUT2D eigenvalue weighted by Crippen LogP contribution is 2.47. The highest BCUT2D eigenvalue weighted by atomic mass is 35.5. The number of rotatable bonds is 11. The van der Waals surface area contributed by atoms with Crippen LogP contribution in [0.2, 0.25) is 5.02 Å². The molecule has 0 bridgehead atoms. The second-order valence-corrected chi connectivity index (χ2v) is 17.0. The summed E-state index contributed by atoms with van der Waals surface area (Å²) in [5.74, 6) is 0.442. The number of halogens is 2. The summed E-state index contributed by atoms with van der Waals surface area (Å²) in [6.45, 7) is 6.47. The lowest BCUT2D eigenvalue weighted by Gasteiger charge is -2.33. The molecule has 0 radical (unpaired) electrons. The minimum absolute atomic E-state index is 0.308. The Bertz CT molecular complexity index is 1870. The molecule has 2 nitrogen and oxygen atoms in total. The van der Waals surface area contributed by atoms with Gasteiger partial charge in [0.05, 0.1) is 5.03 Å². The molecule has 2 fully saturated rings. The molecule has 6 heteroatoms. The van der Waals surface area contributed by atoms with Crippen molar-refractivity contribution in [2.45, 2.75) is 94.3 Å². The van der Waals surface area contributed by atoms with Crippen molar-refractivity contribution >= 4 is 62.6 Å². The van der Waals surface area contributed by atoms with Crippen molar-refractivity contribution in [3.63, 3.8) is 0 Å². The van der Waals surface area contributed by atoms with Crippen LogP contribution in [0.15, 0.2) is 119 Å². The van der Waals surface area contributed by atoms with Gasteiger partial charge in [-0.15, -0.1) is 23.4 Å². The van der Waals surface area contributed by atoms with Crippen molar-refractivity contribution in [2.24, 2.45) is 0 Å². The summed E-state index contributed by atoms with van der Waals surface area (Å²) >= 11 is 17.0. The Hall–Kier alpha value is -2.76. The summed E-state index contributed by atoms with van der Waals surface area (Å²) in [5, 5.41) is 4.46. The molecular weight excluding hydrogens is 680 g/mol. The Balaban J connectivity index is 1.25. The molecule has 0 N–H and O–H groups in total. The van der Waals surface area contributed by atoms with Crippen LogP contribution in [0.5, 0.6) is 0 Å². The van der Waals surface area contributed by atoms with Crippen LogP contribution in [0, 0.1) is 0 Å². The molecule has 3 aliphatic rings. The second-order valence-electron chi connectivity index (χ2n) is 13.6. The van der Waals surface area contributed by atoms with Gasteiger partial charge in [-0.25, -0.2) is 0 Å². The molecule has 0 amide bonds. The van der Waals surface area contributed by atoms with Crippen LogP contribution in [-0.4, -0.2) is 28.1 Å². The average molecular weight is 727 g/mol. The third kappa shape index (κ3) is 7.94. The van der Waals surface area contributed by atoms with Crippen molar-refractivity contribution in [3.8, 4) is 0 Å². The van der Waals surface area contributed by atoms with Crippen LogP contribution >= 0.6 is 46.3 Å². The van der Waals surface area contributed by atoms with E-state index in [-0.39, 0.29) is 0 Å². The van der Waals surface area contributed by atoms with E-state index in [0.29, 0.717) is 22.6 Å². The van der Waals surface area contributed by atoms with Gasteiger partial charge in [-0.2, -0.15) is 4.57 Å². The molecule has 0 spiro atoms. The SMILES string of the molecule is CCN1C(=CC=C2CCC(C=Cc3sc4ccc(Cl)cc4[n+]3CC)=C2CC(CCc2ccccc2)c2ccccc2)SC2CCC(Cl)CC21. The van der Waals surface area contributed by atoms with Crippen LogP contribution < -0.4 is 4.57 Å². The van der Waals surface area contributed by atoms with Gasteiger partial charge in [0.2, 0.25) is 5.52 Å². The molecule has 1 saturated carbocycles. The minimum atomic E-state index is 0.308. The summed E-state index contributed by atoms with van der Waals surface area (Å²) in [4.78, 5) is 2.63. The molecule has 4 atom stereocenters. The standard InChI is InChI=1S/C43H47Cl2N2S2/c1-3-46-38-28-35(44)21-23-40(38)48-42(46)25-19-32-17-18-33(20-26-43-47(4-2)39-29-36(45)22-24-41(39)49-43)37(32)27-34(31-13-9-6-10-14-31)16-15-30-11-7-5-8-12-30/h5-14,19-21,23,25-26,28,34,36,39,41H,3-4,15-18,22,24,27,29H2,1-2H3/q+1. The average Bonchev–Trinajstić information content (AvgIpc) is 3.80. The van der Waals surface area contributed by atoms with Crippen LogP contribution in [0.4, 0.5) is 0 Å². The summed E-state index contributed by atoms with van der Waals surface area (Å²) < 4.78 is 3.67. The van der Waals surface area contributed by atoms with E-state index in [1.165, 1.54) is 54.5 Å². The highest BCUT2D eigenvalue weighted by Gasteiger charge is 2.40. The summed E-state index contributed by atoms with van der Waals surface area (Å²) in [6, 6.07) is 29.0. The lowest BCUT2D eigenvalue weighted by Crippen LogP contribution is -2.39. The third-order valence-corrected chi connectivity index (χ3v) is 13.9. The molecule has 4 aromatic rings. The van der Waals surface area contributed by atoms with Crippen molar-refractivity contribution in [2.75, 3.05) is 6.54 Å². The fraction of sp³-hybridized carbons (Fsp3) is 0.372. The maximum atomic E-state index is 6.67. The summed E-state index contributed by atoms with van der Waals surface area (Å²) in [7, 11) is 0. The van der Waals surface area contributed by atoms with Gasteiger partial charge in [0.25, 0.3) is 5.01 Å². The highest BCUT2D eigenvalue weighted by molar-refractivity contribution is 8.03. The van der Waals surface area contributed by atoms with Crippen LogP contribution in [0.3, 0.4) is 0 Å². The van der Waals surface area contributed by atoms with Gasteiger partial charge >= 0.3 is 0 Å². The van der Waals surface area contributed by atoms with E-state index >= 15 is 0 Å². The third-order valence-electron chi connectivity index (χ3n) is 10.6. The molecule has 49 heavy (non-hydrogen) atoms. The molecule has 2 aliphatic carbocycles. The van der Waals surface area contributed by atoms with E-state index in [1.54, 1.807) is 0 Å². The van der Waals surface area contributed by atoms with E-state index in [4.69, 9.17) is 23.2 Å². The monoisotopic (exact) mass is 725 g/mol. The van der Waals surface area contributed by atoms with E-state index < -0.39 is 0 Å². The minimum Gasteiger partial charge on any atom is -0.362 e. The quantitative estimate of drug-likeness (QED) is 0.112. The maximum Gasteiger partial charge on any atom is 0.262 e. The van der Waals surface area contributed by atoms with Gasteiger partial charge < -0.3 is 4.90 Å². The summed E-state index contributed by atoms with van der Waals surface area (Å²) in [5.41, 5.74) is 8.58. The Morgan fingerprint density at radius 3 is 2.51 bits per heavy atom. The fourth-order valence-corrected chi connectivity index (χ4v) is 11.2. The number of alkyl halides is 1. The first-order chi connectivity index (χ1) is 24.0. The number of aromatic nitrogens is 1. The van der Waals surface area contributed by atoms with E-state index in [0.717, 1.165) is 63.1 Å². The Morgan fingerprint density at radius 2 is 1.73 bits per heavy atom. The number of fused-ring (bicyclic) bond motifs is 2. The van der Waals surface area contributed by atoms with Gasteiger partial charge in [0.15, 0.2) is 0 Å². The fourth-order valence-electron chi connectivity index (χ4n) is 8.07. The van der Waals surface area contributed by atoms with E-state index in [9.17, 15) is 0 Å². The zero-order chi connectivity index (χ0) is 33.7. The predicted molar refractivity (Wildman–Crippen MR) is 214 cm³/mol. The number of allylic oxidation sites excluding steroid dienone is 6. The van der Waals surface area contributed by atoms with Crippen molar-refractivity contribution in [3.05, 3.63) is 140 Å². The lowest BCUT2D eigenvalue weighted by molar-refractivity contribution is -0.665. The first-order valence-corrected chi connectivity index (χ1v) is 20.6. The van der Waals surface area contributed by atoms with Crippen molar-refractivity contribution < 1.29 is 4.57 Å². The van der Waals surface area contributed by atoms with Crippen molar-refractivity contribution in [1.82, 2.24) is 4.90 Å². The smallest absolute Gasteiger partial charge is 0.262 e. The molecular formula is C43H47Cl2N2S2+. The summed E-state index contributed by atoms with van der Waals surface area (Å²) in [6.07, 6.45) is 18.6. The number of nitrogens with zero attached hydrogens (tertiary/aromatic N) is 2. The normalized spacial score (nSPS) is 23.4. The van der Waals surface area contributed by atoms with Crippen LogP contribution in [0.1, 0.15) is 80.8 Å². The second kappa shape index (κ2) is 16.1. The van der Waals surface area contributed by atoms with Gasteiger partial charge in [-0.3, -0.25) is 0 Å². The Kier molecular flexibility index (Phi) is 11.4. The first kappa shape index (κ1) is 34.7. The molecule has 2 heterocycles. The molecule has 3 aromatic carbocycles. The number of thioether (sulfide) groups is 1. The van der Waals surface area contributed by atoms with Gasteiger partial charge in [0.1, 0.15) is 11.2 Å². The maximum absolute atomic E-state index is 6.67. The zero-order valence-electron chi connectivity index (χ0n) is 28.7. The molecule has 1 aliphatic heterocycles. The number of aryl methyl sites for hydroxylation is 2. The lowest BCUT2D eigenvalue weighted by atomic mass is 9.84. The van der Waals surface area contributed by atoms with Crippen LogP contribution in [-0.2, 0) is 13.0 Å². The zero-order valence-corrected chi connectivity index (χ0v) is 31.8. The number of hydrogen-bond donors (Lipinski definition) is 0. The topological polar surface area (TPSA) is 7.12 Å². The van der Waals surface area contributed by atoms with Crippen LogP contribution in [0.25, 0.3) is 16.3 Å². The molecule has 1 saturated heterocycles. The number of benzene rings is 3. The molecule has 4 unspecified atom stereocenters. The first-order valence-electron chi connectivity index (χ1n) is 18.1. The number of hydrogen-bond acceptors (Lipinski definition) is 3. The Labute approximate surface area is 311 Å². The Morgan fingerprint density at radius 1 is 0.939 bits per heavy atom. The molecule has 254 valence electrons. The van der Waals surface area contributed by atoms with Gasteiger partial charge in [-0.1, -0.05) is 95.8 Å².